The number of allylic oxidation sites excluding steroid dienone is 4. The molecule has 4 heteroatoms. The van der Waals surface area contributed by atoms with Gasteiger partial charge in [0.25, 0.3) is 0 Å². The van der Waals surface area contributed by atoms with E-state index in [2.05, 4.69) is 47.0 Å². The monoisotopic (exact) mass is 356 g/mol. The van der Waals surface area contributed by atoms with E-state index in [9.17, 15) is 0 Å². The van der Waals surface area contributed by atoms with Gasteiger partial charge < -0.3 is 0 Å². The summed E-state index contributed by atoms with van der Waals surface area (Å²) in [6, 6.07) is 0. The van der Waals surface area contributed by atoms with Crippen LogP contribution in [0, 0.1) is 23.7 Å². The summed E-state index contributed by atoms with van der Waals surface area (Å²) >= 11 is 8.99. The fourth-order valence-corrected chi connectivity index (χ4v) is 12.4. The third-order valence-corrected chi connectivity index (χ3v) is 12.5. The molecule has 8 rings (SSSR count). The Balaban J connectivity index is 0.000000269. The normalized spacial score (nSPS) is 46.3. The number of thioether (sulfide) groups is 4. The first-order valence-electron chi connectivity index (χ1n) is 8.55. The molecule has 0 aromatic rings. The highest BCUT2D eigenvalue weighted by Gasteiger charge is 2.61. The van der Waals surface area contributed by atoms with Crippen molar-refractivity contribution in [1.82, 2.24) is 0 Å². The van der Waals surface area contributed by atoms with E-state index in [1.807, 2.05) is 47.3 Å². The summed E-state index contributed by atoms with van der Waals surface area (Å²) in [5.74, 6) is 3.94. The summed E-state index contributed by atoms with van der Waals surface area (Å²) in [5.41, 5.74) is 0. The summed E-state index contributed by atoms with van der Waals surface area (Å²) in [7, 11) is 0. The van der Waals surface area contributed by atoms with E-state index < -0.39 is 0 Å². The highest BCUT2D eigenvalue weighted by atomic mass is 32.3. The molecule has 0 nitrogen and oxygen atoms in total. The average Bonchev–Trinajstić information content (AvgIpc) is 3.15. The van der Waals surface area contributed by atoms with Gasteiger partial charge in [-0.25, -0.2) is 0 Å². The van der Waals surface area contributed by atoms with E-state index >= 15 is 0 Å². The smallest absolute Gasteiger partial charge is 0.0887 e. The molecule has 0 amide bonds. The number of hydrogen-bond acceptors (Lipinski definition) is 4. The zero-order valence-electron chi connectivity index (χ0n) is 13.3. The van der Waals surface area contributed by atoms with Crippen molar-refractivity contribution in [2.24, 2.45) is 23.7 Å². The predicted molar refractivity (Wildman–Crippen MR) is 102 cm³/mol. The zero-order chi connectivity index (χ0) is 14.8. The molecule has 2 saturated carbocycles. The van der Waals surface area contributed by atoms with Crippen LogP contribution in [0.2, 0.25) is 0 Å². The third-order valence-electron chi connectivity index (χ3n) is 5.18. The molecule has 2 fully saturated rings. The van der Waals surface area contributed by atoms with Gasteiger partial charge in [0, 0.05) is 19.6 Å². The van der Waals surface area contributed by atoms with Gasteiger partial charge in [-0.2, -0.15) is 0 Å². The molecule has 2 heterocycles. The topological polar surface area (TPSA) is 0 Å². The molecule has 0 N–H and O–H groups in total. The summed E-state index contributed by atoms with van der Waals surface area (Å²) < 4.78 is 0.421. The van der Waals surface area contributed by atoms with Gasteiger partial charge in [0.05, 0.1) is 0 Å². The van der Waals surface area contributed by atoms with Crippen molar-refractivity contribution in [3.63, 3.8) is 0 Å². The molecule has 4 bridgehead atoms. The molecule has 116 valence electrons. The van der Waals surface area contributed by atoms with Crippen LogP contribution in [0.3, 0.4) is 0 Å². The molecule has 0 radical (unpaired) electrons. The fourth-order valence-electron chi connectivity index (χ4n) is 4.09. The second-order valence-corrected chi connectivity index (χ2v) is 12.7. The van der Waals surface area contributed by atoms with Crippen molar-refractivity contribution in [1.29, 1.82) is 0 Å². The van der Waals surface area contributed by atoms with Gasteiger partial charge in [-0.15, -0.1) is 0 Å². The van der Waals surface area contributed by atoms with Crippen LogP contribution >= 0.6 is 47.0 Å². The first-order valence-corrected chi connectivity index (χ1v) is 11.8. The second-order valence-electron chi connectivity index (χ2n) is 6.10. The second kappa shape index (κ2) is 5.46. The Morgan fingerprint density at radius 3 is 1.05 bits per heavy atom. The van der Waals surface area contributed by atoms with Crippen molar-refractivity contribution in [3.05, 3.63) is 19.6 Å². The van der Waals surface area contributed by atoms with Crippen LogP contribution in [0.5, 0.6) is 0 Å². The van der Waals surface area contributed by atoms with E-state index in [1.165, 1.54) is 25.7 Å². The minimum atomic E-state index is 0.421. The van der Waals surface area contributed by atoms with Crippen LogP contribution < -0.4 is 0 Å². The van der Waals surface area contributed by atoms with Crippen LogP contribution in [0.1, 0.15) is 53.4 Å². The summed E-state index contributed by atoms with van der Waals surface area (Å²) in [6.07, 6.45) is 5.98. The molecule has 0 atom stereocenters. The van der Waals surface area contributed by atoms with Crippen molar-refractivity contribution in [2.45, 2.75) is 56.1 Å². The molecule has 0 aromatic heterocycles. The van der Waals surface area contributed by atoms with Crippen molar-refractivity contribution < 1.29 is 0 Å². The van der Waals surface area contributed by atoms with Crippen LogP contribution in [-0.2, 0) is 0 Å². The summed E-state index contributed by atoms with van der Waals surface area (Å²) in [4.78, 5) is 7.26. The lowest BCUT2D eigenvalue weighted by Crippen LogP contribution is -2.21. The molecule has 0 saturated heterocycles. The minimum Gasteiger partial charge on any atom is -0.0887 e. The number of hydrogen-bond donors (Lipinski definition) is 0. The van der Waals surface area contributed by atoms with E-state index in [4.69, 9.17) is 0 Å². The molecular weight excluding hydrogens is 332 g/mol. The Morgan fingerprint density at radius 2 is 0.810 bits per heavy atom. The van der Waals surface area contributed by atoms with Gasteiger partial charge in [-0.1, -0.05) is 74.7 Å². The van der Waals surface area contributed by atoms with Gasteiger partial charge in [-0.3, -0.25) is 0 Å². The fraction of sp³-hybridized carbons (Fsp3) is 0.765. The lowest BCUT2D eigenvalue weighted by molar-refractivity contribution is 0.327. The number of rotatable bonds is 0. The highest BCUT2D eigenvalue weighted by molar-refractivity contribution is 8.53. The highest BCUT2D eigenvalue weighted by Crippen LogP contribution is 2.83. The maximum atomic E-state index is 2.25. The van der Waals surface area contributed by atoms with Gasteiger partial charge >= 0.3 is 0 Å². The van der Waals surface area contributed by atoms with Gasteiger partial charge in [0.1, 0.15) is 0 Å². The SMILES string of the molecule is C1C2CC1C1=C2SC2(S1)SC1=C(S2)C2CC1C2.CC.CC. The van der Waals surface area contributed by atoms with Crippen molar-refractivity contribution in [2.75, 3.05) is 0 Å². The van der Waals surface area contributed by atoms with Gasteiger partial charge in [0.15, 0.2) is 2.74 Å². The van der Waals surface area contributed by atoms with E-state index in [1.54, 1.807) is 0 Å². The van der Waals surface area contributed by atoms with Gasteiger partial charge in [-0.05, 0) is 49.4 Å². The average molecular weight is 357 g/mol. The maximum Gasteiger partial charge on any atom is 0.170 e. The Bertz CT molecular complexity index is 429. The molecule has 1 spiro atoms. The molecule has 0 unspecified atom stereocenters. The third kappa shape index (κ3) is 2.01. The minimum absolute atomic E-state index is 0.421. The van der Waals surface area contributed by atoms with Crippen LogP contribution in [0.15, 0.2) is 19.6 Å². The van der Waals surface area contributed by atoms with Gasteiger partial charge in [0.2, 0.25) is 0 Å². The lowest BCUT2D eigenvalue weighted by atomic mass is 9.83. The Labute approximate surface area is 146 Å². The molecule has 8 aliphatic rings. The Morgan fingerprint density at radius 1 is 0.571 bits per heavy atom. The Kier molecular flexibility index (Phi) is 4.01. The van der Waals surface area contributed by atoms with Crippen LogP contribution in [0.25, 0.3) is 0 Å². The molecule has 21 heavy (non-hydrogen) atoms. The van der Waals surface area contributed by atoms with Crippen LogP contribution in [-0.4, -0.2) is 2.74 Å². The quantitative estimate of drug-likeness (QED) is 0.453. The standard InChI is InChI=1S/C13H12S4.2C2H6/c1-5-2-6(1)10-9(5)14-13(15-10)16-11-7-3-8(4-7)12(11)17-13;2*1-2/h5-8H,1-4H2;2*1-2H3. The molecule has 6 aliphatic carbocycles. The maximum absolute atomic E-state index is 2.25. The molecule has 2 aliphatic heterocycles. The summed E-state index contributed by atoms with van der Waals surface area (Å²) in [5, 5.41) is 0. The van der Waals surface area contributed by atoms with Crippen molar-refractivity contribution >= 4 is 47.0 Å². The largest absolute Gasteiger partial charge is 0.170 e. The van der Waals surface area contributed by atoms with E-state index in [0.717, 1.165) is 23.7 Å². The summed E-state index contributed by atoms with van der Waals surface area (Å²) in [6.45, 7) is 8.00. The zero-order valence-corrected chi connectivity index (χ0v) is 16.5. The first-order chi connectivity index (χ1) is 10.3. The lowest BCUT2D eigenvalue weighted by Gasteiger charge is -2.36. The van der Waals surface area contributed by atoms with Crippen LogP contribution in [0.4, 0.5) is 0 Å². The molecule has 0 aromatic carbocycles. The first kappa shape index (κ1) is 15.4. The predicted octanol–water partition coefficient (Wildman–Crippen LogP) is 7.11. The van der Waals surface area contributed by atoms with E-state index in [0.29, 0.717) is 2.74 Å². The Hall–Kier alpha value is 0.880. The molecular formula is C17H24S4. The van der Waals surface area contributed by atoms with E-state index in [-0.39, 0.29) is 0 Å². The van der Waals surface area contributed by atoms with Crippen molar-refractivity contribution in [3.8, 4) is 0 Å².